The summed E-state index contributed by atoms with van der Waals surface area (Å²) in [7, 11) is 0. The number of nitriles is 1. The van der Waals surface area contributed by atoms with Gasteiger partial charge in [0.2, 0.25) is 0 Å². The molecule has 0 unspecified atom stereocenters. The highest BCUT2D eigenvalue weighted by molar-refractivity contribution is 6.03. The Balaban J connectivity index is 2.48. The maximum atomic E-state index is 9.98. The molecule has 0 N–H and O–H groups in total. The number of rotatable bonds is 6. The topological polar surface area (TPSA) is 23.8 Å². The number of benzene rings is 3. The molecule has 3 aromatic carbocycles. The summed E-state index contributed by atoms with van der Waals surface area (Å²) in [6.07, 6.45) is 6.50. The minimum Gasteiger partial charge on any atom is -0.192 e. The Kier molecular flexibility index (Phi) is 5.39. The van der Waals surface area contributed by atoms with E-state index < -0.39 is 0 Å². The van der Waals surface area contributed by atoms with Gasteiger partial charge in [-0.05, 0) is 64.2 Å². The van der Waals surface area contributed by atoms with Crippen molar-refractivity contribution in [2.24, 2.45) is 0 Å². The maximum Gasteiger partial charge on any atom is 0.100 e. The minimum atomic E-state index is 0.908. The van der Waals surface area contributed by atoms with E-state index in [2.05, 4.69) is 63.2 Å². The maximum absolute atomic E-state index is 9.98. The molecule has 0 radical (unpaired) electrons. The Labute approximate surface area is 151 Å². The quantitative estimate of drug-likeness (QED) is 0.460. The molecular formula is C24H27N. The lowest BCUT2D eigenvalue weighted by molar-refractivity contribution is 0.830. The molecule has 0 atom stereocenters. The summed E-state index contributed by atoms with van der Waals surface area (Å²) in [5, 5.41) is 14.9. The summed E-state index contributed by atoms with van der Waals surface area (Å²) in [6, 6.07) is 15.6. The van der Waals surface area contributed by atoms with Crippen LogP contribution in [0.3, 0.4) is 0 Å². The Morgan fingerprint density at radius 1 is 0.720 bits per heavy atom. The molecule has 0 bridgehead atoms. The highest BCUT2D eigenvalue weighted by Crippen LogP contribution is 2.35. The Morgan fingerprint density at radius 3 is 1.80 bits per heavy atom. The van der Waals surface area contributed by atoms with Crippen molar-refractivity contribution in [3.63, 3.8) is 0 Å². The second-order valence-corrected chi connectivity index (χ2v) is 6.92. The van der Waals surface area contributed by atoms with E-state index in [1.807, 2.05) is 0 Å². The fraction of sp³-hybridized carbons (Fsp3) is 0.375. The van der Waals surface area contributed by atoms with Crippen LogP contribution in [0.1, 0.15) is 62.3 Å². The van der Waals surface area contributed by atoms with Crippen LogP contribution >= 0.6 is 0 Å². The smallest absolute Gasteiger partial charge is 0.100 e. The van der Waals surface area contributed by atoms with Crippen LogP contribution in [0, 0.1) is 11.3 Å². The largest absolute Gasteiger partial charge is 0.192 e. The van der Waals surface area contributed by atoms with Crippen LogP contribution in [-0.4, -0.2) is 0 Å². The van der Waals surface area contributed by atoms with Gasteiger partial charge in [0.05, 0.1) is 5.56 Å². The van der Waals surface area contributed by atoms with Gasteiger partial charge >= 0.3 is 0 Å². The van der Waals surface area contributed by atoms with E-state index in [9.17, 15) is 5.26 Å². The molecule has 0 aliphatic carbocycles. The second kappa shape index (κ2) is 7.70. The van der Waals surface area contributed by atoms with E-state index in [4.69, 9.17) is 0 Å². The van der Waals surface area contributed by atoms with Gasteiger partial charge in [0.1, 0.15) is 6.07 Å². The van der Waals surface area contributed by atoms with Gasteiger partial charge in [-0.1, -0.05) is 64.3 Å². The van der Waals surface area contributed by atoms with Crippen molar-refractivity contribution in [3.05, 3.63) is 58.7 Å². The van der Waals surface area contributed by atoms with Gasteiger partial charge in [0.25, 0.3) is 0 Å². The second-order valence-electron chi connectivity index (χ2n) is 6.92. The lowest BCUT2D eigenvalue weighted by atomic mass is 9.83. The fourth-order valence-corrected chi connectivity index (χ4v) is 4.10. The molecule has 3 rings (SSSR count). The first-order valence-corrected chi connectivity index (χ1v) is 9.64. The molecule has 3 aromatic rings. The molecular weight excluding hydrogens is 302 g/mol. The molecule has 1 nitrogen and oxygen atoms in total. The average molecular weight is 329 g/mol. The van der Waals surface area contributed by atoms with Crippen LogP contribution in [0.15, 0.2) is 36.4 Å². The van der Waals surface area contributed by atoms with Crippen molar-refractivity contribution in [3.8, 4) is 6.07 Å². The molecule has 0 amide bonds. The van der Waals surface area contributed by atoms with Crippen LogP contribution in [0.4, 0.5) is 0 Å². The number of hydrogen-bond acceptors (Lipinski definition) is 1. The van der Waals surface area contributed by atoms with E-state index in [-0.39, 0.29) is 0 Å². The van der Waals surface area contributed by atoms with Gasteiger partial charge in [-0.2, -0.15) is 5.26 Å². The van der Waals surface area contributed by atoms with E-state index >= 15 is 0 Å². The van der Waals surface area contributed by atoms with Gasteiger partial charge in [-0.25, -0.2) is 0 Å². The number of nitrogens with zero attached hydrogens (tertiary/aromatic N) is 1. The van der Waals surface area contributed by atoms with Crippen LogP contribution < -0.4 is 0 Å². The van der Waals surface area contributed by atoms with Gasteiger partial charge in [-0.3, -0.25) is 0 Å². The summed E-state index contributed by atoms with van der Waals surface area (Å²) in [5.41, 5.74) is 5.14. The zero-order chi connectivity index (χ0) is 17.8. The third-order valence-electron chi connectivity index (χ3n) is 5.12. The molecule has 128 valence electrons. The molecule has 0 spiro atoms. The number of fused-ring (bicyclic) bond motifs is 2. The van der Waals surface area contributed by atoms with Crippen LogP contribution in [-0.2, 0) is 19.3 Å². The van der Waals surface area contributed by atoms with E-state index in [0.29, 0.717) is 0 Å². The van der Waals surface area contributed by atoms with Gasteiger partial charge < -0.3 is 0 Å². The summed E-state index contributed by atoms with van der Waals surface area (Å²) in [5.74, 6) is 0. The molecule has 0 saturated heterocycles. The molecule has 25 heavy (non-hydrogen) atoms. The van der Waals surface area contributed by atoms with Crippen molar-refractivity contribution < 1.29 is 0 Å². The predicted molar refractivity (Wildman–Crippen MR) is 108 cm³/mol. The average Bonchev–Trinajstić information content (AvgIpc) is 2.63. The third kappa shape index (κ3) is 3.14. The van der Waals surface area contributed by atoms with Crippen molar-refractivity contribution in [2.75, 3.05) is 0 Å². The minimum absolute atomic E-state index is 0.908. The molecule has 1 heteroatoms. The predicted octanol–water partition coefficient (Wildman–Crippen LogP) is 6.72. The van der Waals surface area contributed by atoms with Crippen LogP contribution in [0.25, 0.3) is 21.5 Å². The summed E-state index contributed by atoms with van der Waals surface area (Å²) < 4.78 is 0. The first-order chi connectivity index (χ1) is 12.2. The summed E-state index contributed by atoms with van der Waals surface area (Å²) in [6.45, 7) is 6.70. The van der Waals surface area contributed by atoms with Crippen molar-refractivity contribution in [2.45, 2.75) is 59.3 Å². The normalized spacial score (nSPS) is 11.1. The Bertz CT molecular complexity index is 944. The monoisotopic (exact) mass is 329 g/mol. The molecule has 0 fully saturated rings. The lowest BCUT2D eigenvalue weighted by Gasteiger charge is -2.20. The van der Waals surface area contributed by atoms with Crippen LogP contribution in [0.5, 0.6) is 0 Å². The van der Waals surface area contributed by atoms with Gasteiger partial charge in [0, 0.05) is 5.39 Å². The Morgan fingerprint density at radius 2 is 1.24 bits per heavy atom. The highest BCUT2D eigenvalue weighted by Gasteiger charge is 2.18. The summed E-state index contributed by atoms with van der Waals surface area (Å²) >= 11 is 0. The molecule has 0 aliphatic heterocycles. The first-order valence-electron chi connectivity index (χ1n) is 9.64. The summed E-state index contributed by atoms with van der Waals surface area (Å²) in [4.78, 5) is 0. The van der Waals surface area contributed by atoms with Gasteiger partial charge in [0.15, 0.2) is 0 Å². The van der Waals surface area contributed by atoms with Crippen molar-refractivity contribution in [1.82, 2.24) is 0 Å². The molecule has 0 heterocycles. The van der Waals surface area contributed by atoms with Crippen LogP contribution in [0.2, 0.25) is 0 Å². The lowest BCUT2D eigenvalue weighted by Crippen LogP contribution is -2.06. The van der Waals surface area contributed by atoms with Crippen molar-refractivity contribution >= 4 is 21.5 Å². The number of hydrogen-bond donors (Lipinski definition) is 0. The molecule has 0 aromatic heterocycles. The van der Waals surface area contributed by atoms with Crippen molar-refractivity contribution in [1.29, 1.82) is 5.26 Å². The first kappa shape index (κ1) is 17.5. The zero-order valence-electron chi connectivity index (χ0n) is 15.7. The standard InChI is InChI=1S/C24H27N/c1-4-9-19-20(10-5-2)22-14-17-12-7-8-13-18(17)15-23(22)24(16-25)21(19)11-6-3/h7-8,12-15H,4-6,9-11H2,1-3H3. The fourth-order valence-electron chi connectivity index (χ4n) is 4.10. The highest BCUT2D eigenvalue weighted by atomic mass is 14.3. The van der Waals surface area contributed by atoms with Gasteiger partial charge in [-0.15, -0.1) is 0 Å². The Hall–Kier alpha value is -2.33. The molecule has 0 aliphatic rings. The van der Waals surface area contributed by atoms with E-state index in [1.165, 1.54) is 32.8 Å². The SMILES string of the molecule is CCCc1c(CCC)c(CCC)c2cc3ccccc3cc2c1C#N. The number of aryl methyl sites for hydroxylation is 1. The molecule has 0 saturated carbocycles. The van der Waals surface area contributed by atoms with E-state index in [0.717, 1.165) is 49.5 Å². The zero-order valence-corrected chi connectivity index (χ0v) is 15.7. The van der Waals surface area contributed by atoms with E-state index in [1.54, 1.807) is 0 Å². The third-order valence-corrected chi connectivity index (χ3v) is 5.12.